The summed E-state index contributed by atoms with van der Waals surface area (Å²) in [5.41, 5.74) is 3.74. The number of nitrogens with one attached hydrogen (secondary N) is 1. The van der Waals surface area contributed by atoms with E-state index in [2.05, 4.69) is 72.2 Å². The molecule has 2 aromatic heterocycles. The maximum atomic E-state index is 4.54. The molecule has 0 bridgehead atoms. The Bertz CT molecular complexity index is 586. The van der Waals surface area contributed by atoms with Crippen molar-refractivity contribution in [2.75, 3.05) is 39.6 Å². The molecule has 2 aromatic rings. The number of hydrogen-bond acceptors (Lipinski definition) is 5. The van der Waals surface area contributed by atoms with Crippen molar-refractivity contribution in [3.8, 4) is 0 Å². The largest absolute Gasteiger partial charge is 0.363 e. The van der Waals surface area contributed by atoms with E-state index >= 15 is 0 Å². The highest BCUT2D eigenvalue weighted by atomic mass is 32.1. The Labute approximate surface area is 137 Å². The first-order chi connectivity index (χ1) is 10.4. The Morgan fingerprint density at radius 2 is 2.05 bits per heavy atom. The number of thiophene rings is 1. The fourth-order valence-corrected chi connectivity index (χ4v) is 3.56. The van der Waals surface area contributed by atoms with Crippen LogP contribution in [0.4, 0.5) is 5.82 Å². The molecule has 2 heterocycles. The number of anilines is 1. The van der Waals surface area contributed by atoms with Crippen LogP contribution in [0.3, 0.4) is 0 Å². The van der Waals surface area contributed by atoms with Gasteiger partial charge in [0.2, 0.25) is 0 Å². The predicted octanol–water partition coefficient (Wildman–Crippen LogP) is 2.25. The summed E-state index contributed by atoms with van der Waals surface area (Å²) in [5, 5.41) is 12.5. The summed E-state index contributed by atoms with van der Waals surface area (Å²) in [6.45, 7) is 3.83. The zero-order valence-corrected chi connectivity index (χ0v) is 15.2. The van der Waals surface area contributed by atoms with Gasteiger partial charge in [-0.15, -0.1) is 0 Å². The van der Waals surface area contributed by atoms with Crippen molar-refractivity contribution < 1.29 is 0 Å². The highest BCUT2D eigenvalue weighted by Gasteiger charge is 2.17. The van der Waals surface area contributed by atoms with Gasteiger partial charge in [-0.3, -0.25) is 4.68 Å². The second kappa shape index (κ2) is 7.26. The van der Waals surface area contributed by atoms with E-state index in [0.29, 0.717) is 6.04 Å². The van der Waals surface area contributed by atoms with Gasteiger partial charge in [-0.1, -0.05) is 0 Å². The normalized spacial score (nSPS) is 12.9. The molecule has 22 heavy (non-hydrogen) atoms. The van der Waals surface area contributed by atoms with Crippen LogP contribution < -0.4 is 10.2 Å². The first kappa shape index (κ1) is 17.0. The van der Waals surface area contributed by atoms with Crippen molar-refractivity contribution in [3.63, 3.8) is 0 Å². The van der Waals surface area contributed by atoms with Crippen molar-refractivity contribution >= 4 is 17.2 Å². The molecule has 1 atom stereocenters. The fourth-order valence-electron chi connectivity index (χ4n) is 2.85. The fraction of sp³-hybridized carbons (Fsp3) is 0.562. The Morgan fingerprint density at radius 1 is 1.32 bits per heavy atom. The summed E-state index contributed by atoms with van der Waals surface area (Å²) < 4.78 is 1.95. The monoisotopic (exact) mass is 321 g/mol. The number of rotatable bonds is 7. The van der Waals surface area contributed by atoms with Crippen LogP contribution >= 0.6 is 11.3 Å². The zero-order valence-electron chi connectivity index (χ0n) is 14.4. The third-order valence-electron chi connectivity index (χ3n) is 3.93. The molecule has 0 aliphatic rings. The quantitative estimate of drug-likeness (QED) is 0.848. The van der Waals surface area contributed by atoms with E-state index < -0.39 is 0 Å². The molecule has 122 valence electrons. The van der Waals surface area contributed by atoms with Crippen LogP contribution in [0, 0.1) is 6.92 Å². The third-order valence-corrected chi connectivity index (χ3v) is 4.63. The van der Waals surface area contributed by atoms with Gasteiger partial charge in [0.15, 0.2) is 0 Å². The SMILES string of the molecule is Cc1nn(C)c(N(C)C)c1CNC[C@H](c1ccsc1)N(C)C. The molecule has 0 amide bonds. The van der Waals surface area contributed by atoms with Crippen LogP contribution in [0.15, 0.2) is 16.8 Å². The Morgan fingerprint density at radius 3 is 2.59 bits per heavy atom. The number of aryl methyl sites for hydroxylation is 2. The Hall–Kier alpha value is -1.37. The highest BCUT2D eigenvalue weighted by Crippen LogP contribution is 2.23. The molecule has 6 heteroatoms. The molecule has 0 spiro atoms. The smallest absolute Gasteiger partial charge is 0.130 e. The minimum atomic E-state index is 0.394. The van der Waals surface area contributed by atoms with E-state index in [4.69, 9.17) is 0 Å². The average Bonchev–Trinajstić information content (AvgIpc) is 3.02. The zero-order chi connectivity index (χ0) is 16.3. The van der Waals surface area contributed by atoms with Crippen LogP contribution in [-0.2, 0) is 13.6 Å². The lowest BCUT2D eigenvalue weighted by Crippen LogP contribution is -2.31. The summed E-state index contributed by atoms with van der Waals surface area (Å²) in [4.78, 5) is 4.39. The molecule has 0 saturated carbocycles. The van der Waals surface area contributed by atoms with Crippen molar-refractivity contribution in [2.24, 2.45) is 7.05 Å². The molecule has 0 aromatic carbocycles. The van der Waals surface area contributed by atoms with Gasteiger partial charge < -0.3 is 15.1 Å². The highest BCUT2D eigenvalue weighted by molar-refractivity contribution is 7.07. The molecule has 0 aliphatic heterocycles. The number of likely N-dealkylation sites (N-methyl/N-ethyl adjacent to an activating group) is 1. The van der Waals surface area contributed by atoms with Crippen molar-refractivity contribution in [3.05, 3.63) is 33.6 Å². The van der Waals surface area contributed by atoms with E-state index in [1.165, 1.54) is 16.9 Å². The van der Waals surface area contributed by atoms with E-state index in [-0.39, 0.29) is 0 Å². The number of aromatic nitrogens is 2. The first-order valence-corrected chi connectivity index (χ1v) is 8.45. The first-order valence-electron chi connectivity index (χ1n) is 7.50. The van der Waals surface area contributed by atoms with Gasteiger partial charge in [0.1, 0.15) is 5.82 Å². The van der Waals surface area contributed by atoms with Crippen LogP contribution in [0.2, 0.25) is 0 Å². The molecule has 2 rings (SSSR count). The minimum absolute atomic E-state index is 0.394. The topological polar surface area (TPSA) is 36.3 Å². The molecule has 0 unspecified atom stereocenters. The van der Waals surface area contributed by atoms with E-state index in [1.807, 2.05) is 11.7 Å². The van der Waals surface area contributed by atoms with Gasteiger partial charge in [0, 0.05) is 45.8 Å². The molecule has 5 nitrogen and oxygen atoms in total. The summed E-state index contributed by atoms with van der Waals surface area (Å²) in [6, 6.07) is 2.60. The summed E-state index contributed by atoms with van der Waals surface area (Å²) in [7, 11) is 10.4. The van der Waals surface area contributed by atoms with E-state index in [0.717, 1.165) is 18.8 Å². The molecule has 1 N–H and O–H groups in total. The van der Waals surface area contributed by atoms with Crippen LogP contribution in [0.25, 0.3) is 0 Å². The maximum absolute atomic E-state index is 4.54. The average molecular weight is 321 g/mol. The third kappa shape index (κ3) is 3.69. The second-order valence-electron chi connectivity index (χ2n) is 6.07. The lowest BCUT2D eigenvalue weighted by Gasteiger charge is -2.24. The van der Waals surface area contributed by atoms with Gasteiger partial charge in [-0.2, -0.15) is 16.4 Å². The molecule has 0 fully saturated rings. The Balaban J connectivity index is 2.04. The molecule has 0 saturated heterocycles. The maximum Gasteiger partial charge on any atom is 0.130 e. The molecule has 0 radical (unpaired) electrons. The number of nitrogens with zero attached hydrogens (tertiary/aromatic N) is 4. The van der Waals surface area contributed by atoms with Gasteiger partial charge in [-0.25, -0.2) is 0 Å². The summed E-state index contributed by atoms with van der Waals surface area (Å²) in [5.74, 6) is 1.17. The molecular weight excluding hydrogens is 294 g/mol. The molecule has 0 aliphatic carbocycles. The van der Waals surface area contributed by atoms with Gasteiger partial charge in [0.05, 0.1) is 5.69 Å². The standard InChI is InChI=1S/C16H27N5S/c1-12-14(16(20(4)5)21(6)18-12)9-17-10-15(19(2)3)13-7-8-22-11-13/h7-8,11,15,17H,9-10H2,1-6H3/t15-/m1/s1. The van der Waals surface area contributed by atoms with E-state index in [9.17, 15) is 0 Å². The summed E-state index contributed by atoms with van der Waals surface area (Å²) in [6.07, 6.45) is 0. The predicted molar refractivity (Wildman–Crippen MR) is 94.7 cm³/mol. The lowest BCUT2D eigenvalue weighted by atomic mass is 10.1. The van der Waals surface area contributed by atoms with Crippen LogP contribution in [0.5, 0.6) is 0 Å². The lowest BCUT2D eigenvalue weighted by molar-refractivity contribution is 0.289. The van der Waals surface area contributed by atoms with Gasteiger partial charge in [-0.05, 0) is 43.4 Å². The Kier molecular flexibility index (Phi) is 5.61. The van der Waals surface area contributed by atoms with Gasteiger partial charge in [0.25, 0.3) is 0 Å². The van der Waals surface area contributed by atoms with Gasteiger partial charge >= 0.3 is 0 Å². The van der Waals surface area contributed by atoms with Crippen molar-refractivity contribution in [2.45, 2.75) is 19.5 Å². The molecular formula is C16H27N5S. The second-order valence-corrected chi connectivity index (χ2v) is 6.85. The van der Waals surface area contributed by atoms with Crippen LogP contribution in [-0.4, -0.2) is 49.4 Å². The number of hydrogen-bond donors (Lipinski definition) is 1. The van der Waals surface area contributed by atoms with E-state index in [1.54, 1.807) is 11.3 Å². The van der Waals surface area contributed by atoms with Crippen LogP contribution in [0.1, 0.15) is 22.9 Å². The minimum Gasteiger partial charge on any atom is -0.363 e. The van der Waals surface area contributed by atoms with Crippen molar-refractivity contribution in [1.29, 1.82) is 0 Å². The summed E-state index contributed by atoms with van der Waals surface area (Å²) >= 11 is 1.75. The van der Waals surface area contributed by atoms with Crippen molar-refractivity contribution in [1.82, 2.24) is 20.0 Å².